The van der Waals surface area contributed by atoms with Crippen molar-refractivity contribution in [3.8, 4) is 0 Å². The molecule has 0 aliphatic rings. The average molecular weight is 408 g/mol. The molecule has 2 rings (SSSR count). The van der Waals surface area contributed by atoms with Crippen LogP contribution in [0, 0.1) is 0 Å². The van der Waals surface area contributed by atoms with Crippen molar-refractivity contribution in [3.63, 3.8) is 0 Å². The molecule has 11 heteroatoms. The van der Waals surface area contributed by atoms with Crippen molar-refractivity contribution in [2.75, 3.05) is 17.1 Å². The number of hydrogen-bond donors (Lipinski definition) is 3. The second-order valence-electron chi connectivity index (χ2n) is 5.03. The normalized spacial score (nSPS) is 11.9. The molecule has 0 saturated heterocycles. The second-order valence-corrected chi connectivity index (χ2v) is 7.06. The van der Waals surface area contributed by atoms with Gasteiger partial charge in [0.2, 0.25) is 0 Å². The van der Waals surface area contributed by atoms with Gasteiger partial charge in [0.1, 0.15) is 0 Å². The summed E-state index contributed by atoms with van der Waals surface area (Å²) in [5, 5.41) is 2.13. The van der Waals surface area contributed by atoms with Crippen LogP contribution in [0.25, 0.3) is 0 Å². The van der Waals surface area contributed by atoms with Gasteiger partial charge in [-0.1, -0.05) is 11.6 Å². The van der Waals surface area contributed by atoms with Gasteiger partial charge in [0.15, 0.2) is 0 Å². The Hall–Kier alpha value is -2.30. The molecule has 0 fully saturated rings. The van der Waals surface area contributed by atoms with Crippen LogP contribution in [0.15, 0.2) is 42.5 Å². The molecule has 0 unspecified atom stereocenters. The van der Waals surface area contributed by atoms with Crippen LogP contribution in [0.5, 0.6) is 0 Å². The molecule has 0 atom stereocenters. The molecule has 1 amide bonds. The number of halogens is 4. The third-order valence-corrected chi connectivity index (χ3v) is 4.56. The van der Waals surface area contributed by atoms with E-state index >= 15 is 0 Å². The van der Waals surface area contributed by atoms with E-state index < -0.39 is 27.9 Å². The number of hydrogen-bond acceptors (Lipinski definition) is 3. The van der Waals surface area contributed by atoms with Crippen molar-refractivity contribution in [3.05, 3.63) is 58.6 Å². The zero-order valence-corrected chi connectivity index (χ0v) is 14.8. The van der Waals surface area contributed by atoms with Gasteiger partial charge in [0, 0.05) is 18.4 Å². The third-order valence-electron chi connectivity index (χ3n) is 3.20. The summed E-state index contributed by atoms with van der Waals surface area (Å²) in [6, 6.07) is 8.06. The van der Waals surface area contributed by atoms with E-state index in [1.807, 2.05) is 0 Å². The molecule has 0 bridgehead atoms. The minimum Gasteiger partial charge on any atom is -0.322 e. The number of rotatable bonds is 5. The maximum Gasteiger partial charge on any atom is 0.416 e. The van der Waals surface area contributed by atoms with Gasteiger partial charge in [-0.25, -0.2) is 4.72 Å². The lowest BCUT2D eigenvalue weighted by Crippen LogP contribution is -2.26. The van der Waals surface area contributed by atoms with Gasteiger partial charge in [0.05, 0.1) is 16.1 Å². The first-order valence-electron chi connectivity index (χ1n) is 7.01. The van der Waals surface area contributed by atoms with Gasteiger partial charge < -0.3 is 5.32 Å². The van der Waals surface area contributed by atoms with E-state index in [4.69, 9.17) is 11.6 Å². The highest BCUT2D eigenvalue weighted by atomic mass is 35.5. The maximum atomic E-state index is 12.6. The molecule has 3 N–H and O–H groups in total. The number of nitrogens with one attached hydrogen (secondary N) is 3. The molecular weight excluding hydrogens is 395 g/mol. The van der Waals surface area contributed by atoms with Crippen LogP contribution in [0.2, 0.25) is 5.02 Å². The predicted octanol–water partition coefficient (Wildman–Crippen LogP) is 3.49. The summed E-state index contributed by atoms with van der Waals surface area (Å²) in [6.45, 7) is 0. The summed E-state index contributed by atoms with van der Waals surface area (Å²) < 4.78 is 64.9. The topological polar surface area (TPSA) is 87.3 Å². The van der Waals surface area contributed by atoms with Gasteiger partial charge in [-0.05, 0) is 42.5 Å². The highest BCUT2D eigenvalue weighted by Crippen LogP contribution is 2.32. The van der Waals surface area contributed by atoms with E-state index in [1.165, 1.54) is 31.3 Å². The zero-order chi connectivity index (χ0) is 19.5. The summed E-state index contributed by atoms with van der Waals surface area (Å²) in [5.41, 5.74) is -0.525. The Labute approximate surface area is 152 Å². The van der Waals surface area contributed by atoms with Crippen molar-refractivity contribution >= 4 is 39.1 Å². The Morgan fingerprint density at radius 1 is 1.04 bits per heavy atom. The van der Waals surface area contributed by atoms with E-state index in [2.05, 4.69) is 14.8 Å². The summed E-state index contributed by atoms with van der Waals surface area (Å²) in [5.74, 6) is -0.702. The number of carbonyl (C=O) groups excluding carboxylic acids is 1. The first kappa shape index (κ1) is 20.0. The smallest absolute Gasteiger partial charge is 0.322 e. The minimum absolute atomic E-state index is 0.125. The molecule has 0 heterocycles. The number of carbonyl (C=O) groups is 1. The Morgan fingerprint density at radius 2 is 1.62 bits per heavy atom. The Morgan fingerprint density at radius 3 is 2.12 bits per heavy atom. The number of anilines is 2. The summed E-state index contributed by atoms with van der Waals surface area (Å²) >= 11 is 5.77. The van der Waals surface area contributed by atoms with Crippen LogP contribution >= 0.6 is 11.6 Å². The number of amides is 1. The van der Waals surface area contributed by atoms with Gasteiger partial charge in [-0.2, -0.15) is 21.6 Å². The lowest BCUT2D eigenvalue weighted by atomic mass is 10.1. The highest BCUT2D eigenvalue weighted by Gasteiger charge is 2.31. The van der Waals surface area contributed by atoms with Crippen LogP contribution in [0.3, 0.4) is 0 Å². The average Bonchev–Trinajstić information content (AvgIpc) is 2.55. The number of benzene rings is 2. The molecule has 0 aliphatic carbocycles. The number of alkyl halides is 3. The van der Waals surface area contributed by atoms with Crippen LogP contribution in [-0.2, 0) is 16.4 Å². The standard InChI is InChI=1S/C15H13ClF3N3O3S/c1-20-26(24,25)22-11-5-3-10(4-6-11)21-14(23)12-7-2-9(8-13(12)16)15(17,18)19/h2-8,20,22H,1H3,(H,21,23). The molecule has 0 spiro atoms. The quantitative estimate of drug-likeness (QED) is 0.709. The molecule has 0 radical (unpaired) electrons. The monoisotopic (exact) mass is 407 g/mol. The molecular formula is C15H13ClF3N3O3S. The van der Waals surface area contributed by atoms with Crippen LogP contribution in [-0.4, -0.2) is 21.4 Å². The lowest BCUT2D eigenvalue weighted by molar-refractivity contribution is -0.137. The largest absolute Gasteiger partial charge is 0.416 e. The fourth-order valence-corrected chi connectivity index (χ4v) is 2.72. The fourth-order valence-electron chi connectivity index (χ4n) is 1.90. The Balaban J connectivity index is 2.13. The molecule has 0 saturated carbocycles. The van der Waals surface area contributed by atoms with Gasteiger partial charge >= 0.3 is 6.18 Å². The van der Waals surface area contributed by atoms with Gasteiger partial charge in [-0.15, -0.1) is 0 Å². The molecule has 26 heavy (non-hydrogen) atoms. The highest BCUT2D eigenvalue weighted by molar-refractivity contribution is 7.90. The Bertz CT molecular complexity index is 916. The fraction of sp³-hybridized carbons (Fsp3) is 0.133. The van der Waals surface area contributed by atoms with E-state index in [-0.39, 0.29) is 16.3 Å². The van der Waals surface area contributed by atoms with E-state index in [1.54, 1.807) is 0 Å². The van der Waals surface area contributed by atoms with Crippen molar-refractivity contribution in [1.82, 2.24) is 4.72 Å². The van der Waals surface area contributed by atoms with Crippen molar-refractivity contribution < 1.29 is 26.4 Å². The molecule has 2 aromatic rings. The van der Waals surface area contributed by atoms with Crippen LogP contribution in [0.4, 0.5) is 24.5 Å². The third kappa shape index (κ3) is 5.10. The molecule has 6 nitrogen and oxygen atoms in total. The predicted molar refractivity (Wildman–Crippen MR) is 92.5 cm³/mol. The zero-order valence-electron chi connectivity index (χ0n) is 13.2. The second kappa shape index (κ2) is 7.52. The minimum atomic E-state index is -4.56. The summed E-state index contributed by atoms with van der Waals surface area (Å²) in [4.78, 5) is 12.2. The first-order valence-corrected chi connectivity index (χ1v) is 8.87. The van der Waals surface area contributed by atoms with Crippen LogP contribution in [0.1, 0.15) is 15.9 Å². The van der Waals surface area contributed by atoms with Crippen molar-refractivity contribution in [2.24, 2.45) is 0 Å². The maximum absolute atomic E-state index is 12.6. The summed E-state index contributed by atoms with van der Waals surface area (Å²) in [7, 11) is -2.43. The summed E-state index contributed by atoms with van der Waals surface area (Å²) in [6.07, 6.45) is -4.56. The lowest BCUT2D eigenvalue weighted by Gasteiger charge is -2.11. The van der Waals surface area contributed by atoms with E-state index in [0.717, 1.165) is 12.1 Å². The molecule has 0 aromatic heterocycles. The van der Waals surface area contributed by atoms with E-state index in [0.29, 0.717) is 11.8 Å². The van der Waals surface area contributed by atoms with Gasteiger partial charge in [-0.3, -0.25) is 9.52 Å². The molecule has 2 aromatic carbocycles. The Kier molecular flexibility index (Phi) is 5.79. The van der Waals surface area contributed by atoms with Crippen molar-refractivity contribution in [1.29, 1.82) is 0 Å². The van der Waals surface area contributed by atoms with Gasteiger partial charge in [0.25, 0.3) is 16.1 Å². The van der Waals surface area contributed by atoms with Crippen molar-refractivity contribution in [2.45, 2.75) is 6.18 Å². The molecule has 0 aliphatic heterocycles. The SMILES string of the molecule is CNS(=O)(=O)Nc1ccc(NC(=O)c2ccc(C(F)(F)F)cc2Cl)cc1. The van der Waals surface area contributed by atoms with E-state index in [9.17, 15) is 26.4 Å². The molecule has 140 valence electrons. The van der Waals surface area contributed by atoms with Crippen LogP contribution < -0.4 is 14.8 Å². The first-order chi connectivity index (χ1) is 12.0.